The first kappa shape index (κ1) is 18.9. The fourth-order valence-electron chi connectivity index (χ4n) is 3.28. The minimum Gasteiger partial charge on any atom is -0.344 e. The van der Waals surface area contributed by atoms with E-state index in [1.165, 1.54) is 0 Å². The lowest BCUT2D eigenvalue weighted by Gasteiger charge is -2.07. The molecule has 1 amide bonds. The van der Waals surface area contributed by atoms with Crippen molar-refractivity contribution >= 4 is 38.6 Å². The molecule has 29 heavy (non-hydrogen) atoms. The van der Waals surface area contributed by atoms with E-state index in [4.69, 9.17) is 0 Å². The molecule has 0 unspecified atom stereocenters. The second kappa shape index (κ2) is 7.21. The third-order valence-corrected chi connectivity index (χ3v) is 5.59. The highest BCUT2D eigenvalue weighted by Crippen LogP contribution is 2.22. The molecule has 4 aromatic rings. The predicted molar refractivity (Wildman–Crippen MR) is 116 cm³/mol. The Balaban J connectivity index is 1.83. The number of benzene rings is 2. The number of para-hydroxylation sites is 1. The van der Waals surface area contributed by atoms with Crippen LogP contribution in [0.1, 0.15) is 15.9 Å². The van der Waals surface area contributed by atoms with Crippen LogP contribution in [0.3, 0.4) is 0 Å². The average molecular weight is 453 g/mol. The van der Waals surface area contributed by atoms with Gasteiger partial charge in [-0.3, -0.25) is 9.59 Å². The number of aromatic amines is 1. The van der Waals surface area contributed by atoms with Gasteiger partial charge in [0.05, 0.1) is 16.8 Å². The zero-order chi connectivity index (χ0) is 20.7. The number of nitrogens with one attached hydrogen (secondary N) is 2. The molecule has 0 aliphatic rings. The van der Waals surface area contributed by atoms with Gasteiger partial charge in [-0.2, -0.15) is 0 Å². The van der Waals surface area contributed by atoms with E-state index in [9.17, 15) is 14.4 Å². The topological polar surface area (TPSA) is 88.9 Å². The summed E-state index contributed by atoms with van der Waals surface area (Å²) in [7, 11) is 1.66. The van der Waals surface area contributed by atoms with E-state index in [-0.39, 0.29) is 16.6 Å². The molecule has 0 saturated heterocycles. The molecular weight excluding hydrogens is 436 g/mol. The van der Waals surface area contributed by atoms with Gasteiger partial charge in [0.2, 0.25) is 0 Å². The molecule has 0 aliphatic carbocycles. The summed E-state index contributed by atoms with van der Waals surface area (Å²) in [5.74, 6) is -0.412. The van der Waals surface area contributed by atoms with E-state index in [1.807, 2.05) is 19.1 Å². The molecule has 2 heterocycles. The highest BCUT2D eigenvalue weighted by Gasteiger charge is 2.20. The van der Waals surface area contributed by atoms with Gasteiger partial charge < -0.3 is 14.9 Å². The Morgan fingerprint density at radius 1 is 1.10 bits per heavy atom. The van der Waals surface area contributed by atoms with Crippen molar-refractivity contribution in [1.29, 1.82) is 0 Å². The van der Waals surface area contributed by atoms with Gasteiger partial charge in [-0.1, -0.05) is 34.1 Å². The molecule has 0 radical (unpaired) electrons. The smallest absolute Gasteiger partial charge is 0.333 e. The number of anilines is 1. The van der Waals surface area contributed by atoms with Crippen LogP contribution in [0, 0.1) is 6.92 Å². The summed E-state index contributed by atoms with van der Waals surface area (Å²) in [5.41, 5.74) is 1.62. The molecule has 0 saturated carbocycles. The van der Waals surface area contributed by atoms with Crippen LogP contribution in [-0.2, 0) is 7.05 Å². The Hall–Kier alpha value is -3.39. The molecule has 0 spiro atoms. The number of carbonyl (C=O) groups excluding carboxylic acids is 1. The third-order valence-electron chi connectivity index (χ3n) is 4.70. The fourth-order valence-corrected chi connectivity index (χ4v) is 3.52. The van der Waals surface area contributed by atoms with Crippen LogP contribution in [0.25, 0.3) is 16.7 Å². The molecule has 4 rings (SSSR count). The molecule has 0 atom stereocenters. The Morgan fingerprint density at radius 3 is 2.52 bits per heavy atom. The Bertz CT molecular complexity index is 1370. The standard InChI is InChI=1S/C21H17BrN4O3/c1-12-10-13(8-9-16(12)22)23-19(27)15-11-25(2)18-17(15)24-21(29)26(20(18)28)14-6-4-3-5-7-14/h3-11H,1-2H3,(H,23,27)(H,24,29). The van der Waals surface area contributed by atoms with Crippen LogP contribution < -0.4 is 16.6 Å². The monoisotopic (exact) mass is 452 g/mol. The maximum absolute atomic E-state index is 13.0. The van der Waals surface area contributed by atoms with Crippen LogP contribution >= 0.6 is 15.9 Å². The number of rotatable bonds is 3. The molecule has 2 N–H and O–H groups in total. The van der Waals surface area contributed by atoms with Crippen molar-refractivity contribution in [1.82, 2.24) is 14.1 Å². The number of aromatic nitrogens is 3. The molecule has 2 aromatic heterocycles. The summed E-state index contributed by atoms with van der Waals surface area (Å²) in [6.07, 6.45) is 1.54. The van der Waals surface area contributed by atoms with E-state index >= 15 is 0 Å². The van der Waals surface area contributed by atoms with Gasteiger partial charge in [-0.15, -0.1) is 0 Å². The molecule has 7 nitrogen and oxygen atoms in total. The normalized spacial score (nSPS) is 11.0. The second-order valence-electron chi connectivity index (χ2n) is 6.70. The van der Waals surface area contributed by atoms with Crippen molar-refractivity contribution in [3.05, 3.63) is 91.2 Å². The summed E-state index contributed by atoms with van der Waals surface area (Å²) in [5, 5.41) is 2.81. The number of halogens is 1. The maximum atomic E-state index is 13.0. The first-order valence-corrected chi connectivity index (χ1v) is 9.63. The molecule has 146 valence electrons. The van der Waals surface area contributed by atoms with Crippen molar-refractivity contribution < 1.29 is 4.79 Å². The van der Waals surface area contributed by atoms with Gasteiger partial charge in [0.15, 0.2) is 0 Å². The predicted octanol–water partition coefficient (Wildman–Crippen LogP) is 3.34. The van der Waals surface area contributed by atoms with Crippen molar-refractivity contribution in [3.63, 3.8) is 0 Å². The lowest BCUT2D eigenvalue weighted by molar-refractivity contribution is 0.102. The van der Waals surface area contributed by atoms with Crippen molar-refractivity contribution in [2.24, 2.45) is 7.05 Å². The summed E-state index contributed by atoms with van der Waals surface area (Å²) < 4.78 is 3.54. The van der Waals surface area contributed by atoms with E-state index in [0.717, 1.165) is 14.6 Å². The summed E-state index contributed by atoms with van der Waals surface area (Å²) in [4.78, 5) is 41.2. The number of carbonyl (C=O) groups is 1. The summed E-state index contributed by atoms with van der Waals surface area (Å²) in [6.45, 7) is 1.92. The van der Waals surface area contributed by atoms with Gasteiger partial charge in [0.25, 0.3) is 11.5 Å². The largest absolute Gasteiger partial charge is 0.344 e. The highest BCUT2D eigenvalue weighted by atomic mass is 79.9. The Morgan fingerprint density at radius 2 is 1.83 bits per heavy atom. The maximum Gasteiger partial charge on any atom is 0.333 e. The van der Waals surface area contributed by atoms with Crippen LogP contribution in [0.15, 0.2) is 68.8 Å². The third kappa shape index (κ3) is 3.31. The molecule has 0 bridgehead atoms. The second-order valence-corrected chi connectivity index (χ2v) is 7.56. The number of nitrogens with zero attached hydrogens (tertiary/aromatic N) is 2. The zero-order valence-electron chi connectivity index (χ0n) is 15.7. The summed E-state index contributed by atoms with van der Waals surface area (Å²) >= 11 is 3.43. The van der Waals surface area contributed by atoms with Gasteiger partial charge in [-0.05, 0) is 42.8 Å². The lowest BCUT2D eigenvalue weighted by Crippen LogP contribution is -2.34. The van der Waals surface area contributed by atoms with Gasteiger partial charge in [0, 0.05) is 23.4 Å². The Kier molecular flexibility index (Phi) is 4.71. The summed E-state index contributed by atoms with van der Waals surface area (Å²) in [6, 6.07) is 14.1. The van der Waals surface area contributed by atoms with E-state index in [2.05, 4.69) is 26.2 Å². The van der Waals surface area contributed by atoms with Crippen LogP contribution in [0.4, 0.5) is 5.69 Å². The highest BCUT2D eigenvalue weighted by molar-refractivity contribution is 9.10. The number of H-pyrrole nitrogens is 1. The fraction of sp³-hybridized carbons (Fsp3) is 0.0952. The Labute approximate surface area is 173 Å². The molecular formula is C21H17BrN4O3. The molecule has 0 fully saturated rings. The van der Waals surface area contributed by atoms with E-state index in [0.29, 0.717) is 11.4 Å². The number of fused-ring (bicyclic) bond motifs is 1. The first-order valence-electron chi connectivity index (χ1n) is 8.84. The molecule has 8 heteroatoms. The van der Waals surface area contributed by atoms with E-state index in [1.54, 1.807) is 54.2 Å². The molecule has 2 aromatic carbocycles. The van der Waals surface area contributed by atoms with E-state index < -0.39 is 17.2 Å². The quantitative estimate of drug-likeness (QED) is 0.499. The van der Waals surface area contributed by atoms with Crippen molar-refractivity contribution in [2.75, 3.05) is 5.32 Å². The van der Waals surface area contributed by atoms with Crippen LogP contribution in [-0.4, -0.2) is 20.0 Å². The minimum absolute atomic E-state index is 0.209. The number of hydrogen-bond donors (Lipinski definition) is 2. The number of aryl methyl sites for hydroxylation is 2. The van der Waals surface area contributed by atoms with Gasteiger partial charge >= 0.3 is 5.69 Å². The average Bonchev–Trinajstić information content (AvgIpc) is 3.02. The number of amides is 1. The van der Waals surface area contributed by atoms with Gasteiger partial charge in [-0.25, -0.2) is 9.36 Å². The van der Waals surface area contributed by atoms with Crippen molar-refractivity contribution in [3.8, 4) is 5.69 Å². The first-order chi connectivity index (χ1) is 13.9. The van der Waals surface area contributed by atoms with Gasteiger partial charge in [0.1, 0.15) is 5.52 Å². The lowest BCUT2D eigenvalue weighted by atomic mass is 10.2. The zero-order valence-corrected chi connectivity index (χ0v) is 17.3. The SMILES string of the molecule is Cc1cc(NC(=O)c2cn(C)c3c(=O)n(-c4ccccc4)c(=O)[nH]c23)ccc1Br. The van der Waals surface area contributed by atoms with Crippen LogP contribution in [0.2, 0.25) is 0 Å². The van der Waals surface area contributed by atoms with Crippen molar-refractivity contribution in [2.45, 2.75) is 6.92 Å². The minimum atomic E-state index is -0.603. The van der Waals surface area contributed by atoms with Crippen LogP contribution in [0.5, 0.6) is 0 Å². The molecule has 0 aliphatic heterocycles. The number of hydrogen-bond acceptors (Lipinski definition) is 3.